The highest BCUT2D eigenvalue weighted by molar-refractivity contribution is 5.90. The molecule has 3 rings (SSSR count). The van der Waals surface area contributed by atoms with E-state index < -0.39 is 12.1 Å². The Kier molecular flexibility index (Phi) is 6.92. The highest BCUT2D eigenvalue weighted by atomic mass is 16.5. The molecule has 1 unspecified atom stereocenters. The van der Waals surface area contributed by atoms with Gasteiger partial charge in [-0.25, -0.2) is 14.8 Å². The predicted molar refractivity (Wildman–Crippen MR) is 107 cm³/mol. The third-order valence-electron chi connectivity index (χ3n) is 4.13. The van der Waals surface area contributed by atoms with Crippen LogP contribution in [0.3, 0.4) is 0 Å². The monoisotopic (exact) mass is 405 g/mol. The van der Waals surface area contributed by atoms with Gasteiger partial charge in [-0.1, -0.05) is 30.4 Å². The van der Waals surface area contributed by atoms with E-state index >= 15 is 0 Å². The number of aromatic nitrogens is 2. The van der Waals surface area contributed by atoms with Gasteiger partial charge in [0, 0.05) is 12.7 Å². The van der Waals surface area contributed by atoms with Crippen LogP contribution in [0.15, 0.2) is 72.1 Å². The molecule has 0 radical (unpaired) electrons. The lowest BCUT2D eigenvalue weighted by atomic mass is 9.98. The second kappa shape index (κ2) is 10.0. The van der Waals surface area contributed by atoms with E-state index in [2.05, 4.69) is 16.0 Å². The SMILES string of the molecule is COC/C(C(=O)OC)=C1/C=CC=CC1Oc1cc(Oc2ccccc2C#N)ncn1. The van der Waals surface area contributed by atoms with Crippen LogP contribution < -0.4 is 9.47 Å². The Morgan fingerprint density at radius 1 is 1.17 bits per heavy atom. The number of carbonyl (C=O) groups is 1. The van der Waals surface area contributed by atoms with Crippen molar-refractivity contribution in [3.63, 3.8) is 0 Å². The third-order valence-corrected chi connectivity index (χ3v) is 4.13. The normalized spacial score (nSPS) is 16.5. The quantitative estimate of drug-likeness (QED) is 0.511. The van der Waals surface area contributed by atoms with Gasteiger partial charge >= 0.3 is 5.97 Å². The van der Waals surface area contributed by atoms with Gasteiger partial charge in [-0.15, -0.1) is 0 Å². The fraction of sp³-hybridized carbons (Fsp3) is 0.182. The summed E-state index contributed by atoms with van der Waals surface area (Å²) in [4.78, 5) is 20.4. The molecule has 0 saturated carbocycles. The molecule has 0 saturated heterocycles. The Hall–Kier alpha value is -3.96. The smallest absolute Gasteiger partial charge is 0.336 e. The number of ether oxygens (including phenoxy) is 4. The van der Waals surface area contributed by atoms with Crippen molar-refractivity contribution in [3.8, 4) is 23.6 Å². The standard InChI is InChI=1S/C22H19N3O5/c1-27-13-17(22(26)28-2)16-8-4-6-10-19(16)30-21-11-20(24-14-25-21)29-18-9-5-3-7-15(18)12-23/h3-11,14,19H,13H2,1-2H3/b17-16+. The van der Waals surface area contributed by atoms with Gasteiger partial charge in [-0.05, 0) is 18.2 Å². The molecule has 0 aliphatic heterocycles. The molecule has 1 heterocycles. The number of nitriles is 1. The van der Waals surface area contributed by atoms with Crippen molar-refractivity contribution in [2.45, 2.75) is 6.10 Å². The maximum Gasteiger partial charge on any atom is 0.336 e. The van der Waals surface area contributed by atoms with Gasteiger partial charge in [0.15, 0.2) is 0 Å². The number of methoxy groups -OCH3 is 2. The summed E-state index contributed by atoms with van der Waals surface area (Å²) in [6.07, 6.45) is 7.84. The number of carbonyl (C=O) groups excluding carboxylic acids is 1. The Balaban J connectivity index is 1.85. The summed E-state index contributed by atoms with van der Waals surface area (Å²) in [7, 11) is 2.80. The Labute approximate surface area is 173 Å². The maximum atomic E-state index is 12.2. The number of allylic oxidation sites excluding steroid dienone is 2. The fourth-order valence-corrected chi connectivity index (χ4v) is 2.76. The Morgan fingerprint density at radius 3 is 2.73 bits per heavy atom. The first-order valence-electron chi connectivity index (χ1n) is 8.97. The number of nitrogens with zero attached hydrogens (tertiary/aromatic N) is 3. The van der Waals surface area contributed by atoms with Crippen molar-refractivity contribution in [2.24, 2.45) is 0 Å². The van der Waals surface area contributed by atoms with E-state index in [-0.39, 0.29) is 18.4 Å². The van der Waals surface area contributed by atoms with Gasteiger partial charge < -0.3 is 18.9 Å². The van der Waals surface area contributed by atoms with E-state index in [1.54, 1.807) is 48.6 Å². The molecule has 1 aliphatic rings. The summed E-state index contributed by atoms with van der Waals surface area (Å²) in [5.74, 6) is 0.325. The minimum atomic E-state index is -0.589. The maximum absolute atomic E-state index is 12.2. The topological polar surface area (TPSA) is 104 Å². The molecule has 8 nitrogen and oxygen atoms in total. The lowest BCUT2D eigenvalue weighted by Gasteiger charge is -2.21. The van der Waals surface area contributed by atoms with E-state index in [0.29, 0.717) is 22.5 Å². The van der Waals surface area contributed by atoms with Gasteiger partial charge in [-0.3, -0.25) is 0 Å². The van der Waals surface area contributed by atoms with Crippen LogP contribution in [0, 0.1) is 11.3 Å². The van der Waals surface area contributed by atoms with Crippen molar-refractivity contribution in [1.29, 1.82) is 5.26 Å². The summed E-state index contributed by atoms with van der Waals surface area (Å²) >= 11 is 0. The molecular formula is C22H19N3O5. The van der Waals surface area contributed by atoms with Gasteiger partial charge in [-0.2, -0.15) is 5.26 Å². The molecule has 0 N–H and O–H groups in total. The van der Waals surface area contributed by atoms with E-state index in [1.165, 1.54) is 26.6 Å². The van der Waals surface area contributed by atoms with Gasteiger partial charge in [0.25, 0.3) is 0 Å². The van der Waals surface area contributed by atoms with E-state index in [4.69, 9.17) is 18.9 Å². The second-order valence-corrected chi connectivity index (χ2v) is 6.05. The number of benzene rings is 1. The zero-order valence-electron chi connectivity index (χ0n) is 16.4. The van der Waals surface area contributed by atoms with Crippen molar-refractivity contribution >= 4 is 5.97 Å². The number of esters is 1. The van der Waals surface area contributed by atoms with E-state index in [1.807, 2.05) is 0 Å². The van der Waals surface area contributed by atoms with Crippen molar-refractivity contribution < 1.29 is 23.7 Å². The average molecular weight is 405 g/mol. The minimum Gasteiger partial charge on any atom is -0.466 e. The van der Waals surface area contributed by atoms with Crippen LogP contribution in [0.2, 0.25) is 0 Å². The molecule has 0 amide bonds. The first-order chi connectivity index (χ1) is 14.7. The summed E-state index contributed by atoms with van der Waals surface area (Å²) in [6.45, 7) is 0.0725. The highest BCUT2D eigenvalue weighted by Gasteiger charge is 2.23. The molecule has 30 heavy (non-hydrogen) atoms. The predicted octanol–water partition coefficient (Wildman–Crippen LogP) is 3.13. The first kappa shape index (κ1) is 20.8. The highest BCUT2D eigenvalue weighted by Crippen LogP contribution is 2.27. The zero-order chi connectivity index (χ0) is 21.3. The van der Waals surface area contributed by atoms with Crippen LogP contribution in [-0.4, -0.2) is 42.9 Å². The van der Waals surface area contributed by atoms with Gasteiger partial charge in [0.05, 0.1) is 30.9 Å². The Bertz CT molecular complexity index is 1050. The van der Waals surface area contributed by atoms with Crippen LogP contribution in [-0.2, 0) is 14.3 Å². The van der Waals surface area contributed by atoms with Crippen LogP contribution in [0.1, 0.15) is 5.56 Å². The van der Waals surface area contributed by atoms with Crippen LogP contribution in [0.4, 0.5) is 0 Å². The first-order valence-corrected chi connectivity index (χ1v) is 8.97. The summed E-state index contributed by atoms with van der Waals surface area (Å²) < 4.78 is 21.7. The van der Waals surface area contributed by atoms with Crippen molar-refractivity contribution in [3.05, 3.63) is 77.7 Å². The van der Waals surface area contributed by atoms with Crippen LogP contribution in [0.25, 0.3) is 0 Å². The summed E-state index contributed by atoms with van der Waals surface area (Å²) in [6, 6.07) is 10.4. The molecule has 1 atom stereocenters. The molecule has 152 valence electrons. The van der Waals surface area contributed by atoms with Gasteiger partial charge in [0.1, 0.15) is 24.3 Å². The summed E-state index contributed by atoms with van der Waals surface area (Å²) in [5.41, 5.74) is 1.33. The molecule has 0 bridgehead atoms. The number of hydrogen-bond acceptors (Lipinski definition) is 8. The number of para-hydroxylation sites is 1. The fourth-order valence-electron chi connectivity index (χ4n) is 2.76. The number of hydrogen-bond donors (Lipinski definition) is 0. The van der Waals surface area contributed by atoms with Crippen LogP contribution in [0.5, 0.6) is 17.5 Å². The van der Waals surface area contributed by atoms with Gasteiger partial charge in [0.2, 0.25) is 11.8 Å². The third kappa shape index (κ3) is 4.90. The molecule has 2 aromatic rings. The summed E-state index contributed by atoms with van der Waals surface area (Å²) in [5, 5.41) is 9.20. The largest absolute Gasteiger partial charge is 0.466 e. The molecule has 1 aromatic carbocycles. The molecule has 8 heteroatoms. The van der Waals surface area contributed by atoms with E-state index in [0.717, 1.165) is 0 Å². The lowest BCUT2D eigenvalue weighted by molar-refractivity contribution is -0.136. The van der Waals surface area contributed by atoms with Crippen molar-refractivity contribution in [2.75, 3.05) is 20.8 Å². The molecular weight excluding hydrogens is 386 g/mol. The Morgan fingerprint density at radius 2 is 1.97 bits per heavy atom. The molecule has 0 fully saturated rings. The second-order valence-electron chi connectivity index (χ2n) is 6.05. The average Bonchev–Trinajstić information content (AvgIpc) is 2.78. The molecule has 1 aromatic heterocycles. The zero-order valence-corrected chi connectivity index (χ0v) is 16.4. The van der Waals surface area contributed by atoms with E-state index in [9.17, 15) is 10.1 Å². The lowest BCUT2D eigenvalue weighted by Crippen LogP contribution is -2.24. The molecule has 1 aliphatic carbocycles. The van der Waals surface area contributed by atoms with Crippen LogP contribution >= 0.6 is 0 Å². The van der Waals surface area contributed by atoms with Crippen molar-refractivity contribution in [1.82, 2.24) is 9.97 Å². The minimum absolute atomic E-state index is 0.0725. The number of rotatable bonds is 7. The molecule has 0 spiro atoms.